The normalized spacial score (nSPS) is 35.8. The molecule has 0 bridgehead atoms. The lowest BCUT2D eigenvalue weighted by Gasteiger charge is -2.45. The Balaban J connectivity index is 0.000000245. The molecule has 26 nitrogen and oxygen atoms in total. The van der Waals surface area contributed by atoms with Gasteiger partial charge in [0.05, 0.1) is 89.1 Å². The molecule has 6 aliphatic heterocycles. The molecule has 0 saturated carbocycles. The number of aliphatic hydroxyl groups is 10. The number of ether oxygens (including phenoxy) is 8. The smallest absolute Gasteiger partial charge is 0.407 e. The second-order valence-corrected chi connectivity index (χ2v) is 26.1. The molecule has 20 atom stereocenters. The van der Waals surface area contributed by atoms with Crippen LogP contribution in [0.5, 0.6) is 0 Å². The Bertz CT molecular complexity index is 2950. The molecule has 14 N–H and O–H groups in total. The van der Waals surface area contributed by atoms with Crippen LogP contribution < -0.4 is 35.4 Å². The van der Waals surface area contributed by atoms with Gasteiger partial charge >= 0.3 is 12.2 Å². The third-order valence-corrected chi connectivity index (χ3v) is 18.7. The highest BCUT2D eigenvalue weighted by molar-refractivity contribution is 6.22. The molecule has 0 unspecified atom stereocenters. The average Bonchev–Trinajstić information content (AvgIpc) is 1.95. The average molecular weight is 1370 g/mol. The Morgan fingerprint density at radius 3 is 1.44 bits per heavy atom. The van der Waals surface area contributed by atoms with Crippen LogP contribution in [0, 0.1) is 0 Å². The van der Waals surface area contributed by atoms with E-state index in [4.69, 9.17) is 84.3 Å². The zero-order valence-electron chi connectivity index (χ0n) is 48.6. The van der Waals surface area contributed by atoms with Crippen LogP contribution in [0.3, 0.4) is 0 Å². The number of amides is 2. The second kappa shape index (κ2) is 30.0. The van der Waals surface area contributed by atoms with Crippen molar-refractivity contribution in [2.45, 2.75) is 146 Å². The van der Waals surface area contributed by atoms with Gasteiger partial charge in [-0.05, 0) is 59.4 Å². The third kappa shape index (κ3) is 16.0. The van der Waals surface area contributed by atoms with Gasteiger partial charge in [0.15, 0.2) is 12.6 Å². The number of carbonyl (C=O) groups is 2. The van der Waals surface area contributed by atoms with Crippen molar-refractivity contribution < 1.29 is 132 Å². The van der Waals surface area contributed by atoms with Crippen LogP contribution in [0.4, 0.5) is 9.59 Å². The maximum atomic E-state index is 11.4. The molecule has 496 valence electrons. The number of alkyl carbamates (subject to hydrolysis) is 2. The molecule has 6 aliphatic rings. The SMILES string of the molecule is C[N+](C)(CCc1c[nH]c2ccc(C[C@@H]3COC(=O)N3)cc12)C[C@@]1(O[C@H]2O[C@H](CO)[C@H](Cl)[C@H](O)[C@H]2O)O[C@H](CCl)[C@@H](O)[C@@H]1O.C[N+](C)(CCc1c[nH]c2ccc(C[C@@H]3COC(=O)N3)cc12)C[C@H]1O[C@@](CCl)(O[C@H]2O[C@H](CO)[C@H](Cl)[C@H](O)[C@H]2O)[C@@H](O)[C@@H]1O.[Cl-].[Cl-]. The Morgan fingerprint density at radius 1 is 0.591 bits per heavy atom. The number of cyclic esters (lactones) is 2. The van der Waals surface area contributed by atoms with E-state index in [-0.39, 0.29) is 60.4 Å². The van der Waals surface area contributed by atoms with E-state index >= 15 is 0 Å². The second-order valence-electron chi connectivity index (χ2n) is 24.5. The minimum absolute atomic E-state index is 0. The quantitative estimate of drug-likeness (QED) is 0.0257. The number of aromatic amines is 2. The predicted molar refractivity (Wildman–Crippen MR) is 309 cm³/mol. The molecule has 2 aromatic carbocycles. The van der Waals surface area contributed by atoms with E-state index in [2.05, 4.69) is 32.7 Å². The van der Waals surface area contributed by atoms with E-state index in [1.54, 1.807) is 0 Å². The first kappa shape index (κ1) is 72.5. The number of aliphatic hydroxyl groups excluding tert-OH is 10. The number of hydrogen-bond acceptors (Lipinski definition) is 20. The molecule has 6 fully saturated rings. The number of benzene rings is 2. The number of alkyl halides is 4. The number of quaternary nitrogens is 2. The van der Waals surface area contributed by atoms with Gasteiger partial charge in [-0.2, -0.15) is 0 Å². The van der Waals surface area contributed by atoms with Crippen molar-refractivity contribution in [1.29, 1.82) is 0 Å². The van der Waals surface area contributed by atoms with Crippen molar-refractivity contribution in [3.63, 3.8) is 0 Å². The van der Waals surface area contributed by atoms with Crippen molar-refractivity contribution >= 4 is 80.4 Å². The Labute approximate surface area is 540 Å². The standard InChI is InChI=1S/2C28H39Cl2N3O10.2ClH/c1-33(2,6-5-15-10-31-18-4-3-14(8-17(15)18)7-16-12-40-27(39)32-16)13-28(25(38)22(35)19(9-29)42-28)43-26-24(37)23(36)21(30)20(11-34)41-26;1-33(2,6-5-15-9-31-18-4-3-14(8-17(15)18)7-16-12-40-27(39)32-16)10-19-22(35)25(38)28(13-29,42-19)43-26-24(37)23(36)21(30)20(11-34)41-26;;/h3-4,8,10,16,19-26,31,34-38H,5-7,9,11-13H2,1-2H3;3-4,8-9,16,19-26,31,34-38H,5-7,10-13H2,1-2H3;2*1H/t2*16-,19-,20-,21+,22-,23+,24-,25+,26-,28+;;/m11../s1. The molecule has 10 rings (SSSR count). The number of nitrogens with zero attached hydrogens (tertiary/aromatic N) is 2. The topological polar surface area (TPSA) is 366 Å². The van der Waals surface area contributed by atoms with Gasteiger partial charge in [-0.3, -0.25) is 0 Å². The maximum absolute atomic E-state index is 11.4. The Kier molecular flexibility index (Phi) is 24.7. The number of nitrogens with one attached hydrogen (secondary N) is 4. The molecule has 2 aromatic heterocycles. The summed E-state index contributed by atoms with van der Waals surface area (Å²) in [6.07, 6.45) is -13.4. The van der Waals surface area contributed by atoms with E-state index in [1.165, 1.54) is 0 Å². The zero-order chi connectivity index (χ0) is 62.2. The molecule has 0 radical (unpaired) electrons. The molecule has 6 saturated heterocycles. The first-order valence-electron chi connectivity index (χ1n) is 28.5. The van der Waals surface area contributed by atoms with Crippen molar-refractivity contribution in [2.75, 3.05) is 92.6 Å². The summed E-state index contributed by atoms with van der Waals surface area (Å²) in [4.78, 5) is 29.4. The van der Waals surface area contributed by atoms with E-state index in [0.717, 1.165) is 44.1 Å². The molecular formula is C56H80Cl6N6O20. The van der Waals surface area contributed by atoms with Crippen LogP contribution in [0.2, 0.25) is 0 Å². The summed E-state index contributed by atoms with van der Waals surface area (Å²) in [5.74, 6) is -4.38. The van der Waals surface area contributed by atoms with Crippen LogP contribution in [0.15, 0.2) is 48.8 Å². The monoisotopic (exact) mass is 1370 g/mol. The lowest BCUT2D eigenvalue weighted by molar-refractivity contribution is -0.901. The molecule has 32 heteroatoms. The molecular weight excluding hydrogens is 1290 g/mol. The molecule has 4 aromatic rings. The van der Waals surface area contributed by atoms with Crippen LogP contribution in [0.1, 0.15) is 22.3 Å². The fourth-order valence-corrected chi connectivity index (χ4v) is 13.1. The van der Waals surface area contributed by atoms with Gasteiger partial charge in [-0.15, -0.1) is 46.4 Å². The van der Waals surface area contributed by atoms with Gasteiger partial charge in [-0.1, -0.05) is 12.1 Å². The van der Waals surface area contributed by atoms with E-state index in [1.807, 2.05) is 64.8 Å². The van der Waals surface area contributed by atoms with Crippen LogP contribution in [0.25, 0.3) is 21.8 Å². The molecule has 0 spiro atoms. The number of fused-ring (bicyclic) bond motifs is 2. The summed E-state index contributed by atoms with van der Waals surface area (Å²) in [5.41, 5.74) is 6.28. The van der Waals surface area contributed by atoms with Crippen LogP contribution in [-0.2, 0) is 63.6 Å². The molecule has 8 heterocycles. The van der Waals surface area contributed by atoms with Gasteiger partial charge in [0, 0.05) is 47.0 Å². The molecule has 0 aliphatic carbocycles. The first-order valence-corrected chi connectivity index (χ1v) is 30.4. The number of H-pyrrole nitrogens is 2. The van der Waals surface area contributed by atoms with Gasteiger partial charge in [0.1, 0.15) is 99.6 Å². The largest absolute Gasteiger partial charge is 1.00 e. The summed E-state index contributed by atoms with van der Waals surface area (Å²) in [7, 11) is 7.76. The van der Waals surface area contributed by atoms with Crippen molar-refractivity contribution in [3.05, 3.63) is 71.0 Å². The third-order valence-electron chi connectivity index (χ3n) is 17.0. The van der Waals surface area contributed by atoms with Crippen LogP contribution >= 0.6 is 46.4 Å². The van der Waals surface area contributed by atoms with E-state index < -0.39 is 139 Å². The zero-order valence-corrected chi connectivity index (χ0v) is 53.2. The predicted octanol–water partition coefficient (Wildman–Crippen LogP) is -6.88. The van der Waals surface area contributed by atoms with Gasteiger partial charge in [-0.25, -0.2) is 9.59 Å². The fourth-order valence-electron chi connectivity index (χ4n) is 12.0. The number of aromatic nitrogens is 2. The maximum Gasteiger partial charge on any atom is 0.407 e. The number of rotatable bonds is 22. The Hall–Kier alpha value is -2.92. The summed E-state index contributed by atoms with van der Waals surface area (Å²) in [5, 5.41) is 111. The number of halogens is 6. The highest BCUT2D eigenvalue weighted by atomic mass is 35.5. The first-order chi connectivity index (χ1) is 40.7. The van der Waals surface area contributed by atoms with Crippen LogP contribution in [-0.4, -0.2) is 295 Å². The minimum Gasteiger partial charge on any atom is -1.00 e. The number of hydrogen-bond donors (Lipinski definition) is 14. The van der Waals surface area contributed by atoms with E-state index in [0.29, 0.717) is 56.5 Å². The highest BCUT2D eigenvalue weighted by Gasteiger charge is 2.62. The van der Waals surface area contributed by atoms with E-state index in [9.17, 15) is 60.7 Å². The highest BCUT2D eigenvalue weighted by Crippen LogP contribution is 2.41. The summed E-state index contributed by atoms with van der Waals surface area (Å²) in [6.45, 7) is 1.08. The molecule has 2 amide bonds. The lowest BCUT2D eigenvalue weighted by atomic mass is 10.0. The van der Waals surface area contributed by atoms with Crippen molar-refractivity contribution in [3.8, 4) is 0 Å². The minimum atomic E-state index is -1.95. The Morgan fingerprint density at radius 2 is 1.02 bits per heavy atom. The summed E-state index contributed by atoms with van der Waals surface area (Å²) in [6, 6.07) is 12.1. The van der Waals surface area contributed by atoms with Crippen molar-refractivity contribution in [2.24, 2.45) is 0 Å². The number of carbonyl (C=O) groups excluding carboxylic acids is 2. The summed E-state index contributed by atoms with van der Waals surface area (Å²) >= 11 is 24.4. The molecule has 88 heavy (non-hydrogen) atoms. The fraction of sp³-hybridized carbons (Fsp3) is 0.679. The number of likely N-dealkylation sites (N-methyl/N-ethyl adjacent to an activating group) is 2. The lowest BCUT2D eigenvalue weighted by Crippen LogP contribution is -3.00. The van der Waals surface area contributed by atoms with Gasteiger partial charge < -0.3 is 143 Å². The van der Waals surface area contributed by atoms with Gasteiger partial charge in [0.25, 0.3) is 5.79 Å². The van der Waals surface area contributed by atoms with Gasteiger partial charge in [0.2, 0.25) is 5.79 Å². The summed E-state index contributed by atoms with van der Waals surface area (Å²) < 4.78 is 45.8. The van der Waals surface area contributed by atoms with Crippen molar-refractivity contribution in [1.82, 2.24) is 20.6 Å².